The second-order valence-corrected chi connectivity index (χ2v) is 9.25. The molecule has 2 amide bonds. The van der Waals surface area contributed by atoms with Gasteiger partial charge in [0.15, 0.2) is 5.82 Å². The number of rotatable bonds is 10. The predicted molar refractivity (Wildman–Crippen MR) is 128 cm³/mol. The molecule has 1 aliphatic carbocycles. The third-order valence-corrected chi connectivity index (χ3v) is 6.45. The summed E-state index contributed by atoms with van der Waals surface area (Å²) < 4.78 is 10.7. The van der Waals surface area contributed by atoms with Crippen LogP contribution in [0, 0.1) is 0 Å². The van der Waals surface area contributed by atoms with Crippen molar-refractivity contribution in [1.29, 1.82) is 0 Å². The zero-order valence-electron chi connectivity index (χ0n) is 20.7. The number of carbonyl (C=O) groups excluding carboxylic acids is 2. The van der Waals surface area contributed by atoms with Gasteiger partial charge in [0.2, 0.25) is 17.7 Å². The fourth-order valence-corrected chi connectivity index (χ4v) is 4.57. The molecule has 9 nitrogen and oxygen atoms in total. The van der Waals surface area contributed by atoms with Gasteiger partial charge in [0, 0.05) is 26.3 Å². The number of aryl methyl sites for hydroxylation is 1. The minimum absolute atomic E-state index is 0.0395. The van der Waals surface area contributed by atoms with Crippen molar-refractivity contribution in [3.63, 3.8) is 0 Å². The second kappa shape index (κ2) is 12.0. The number of hydrogen-bond acceptors (Lipinski definition) is 7. The first-order chi connectivity index (χ1) is 16.3. The molecule has 1 aromatic heterocycles. The zero-order valence-corrected chi connectivity index (χ0v) is 20.7. The van der Waals surface area contributed by atoms with E-state index in [9.17, 15) is 9.59 Å². The number of carbonyl (C=O) groups is 2. The number of likely N-dealkylation sites (N-methyl/N-ethyl adjacent to an activating group) is 1. The molecule has 1 heterocycles. The molecule has 34 heavy (non-hydrogen) atoms. The average molecular weight is 472 g/mol. The summed E-state index contributed by atoms with van der Waals surface area (Å²) in [7, 11) is 5.61. The molecule has 186 valence electrons. The fraction of sp³-hybridized carbons (Fsp3) is 0.600. The average Bonchev–Trinajstić information content (AvgIpc) is 3.17. The topological polar surface area (TPSA) is 110 Å². The third-order valence-electron chi connectivity index (χ3n) is 6.45. The van der Waals surface area contributed by atoms with E-state index in [-0.39, 0.29) is 24.3 Å². The summed E-state index contributed by atoms with van der Waals surface area (Å²) in [4.78, 5) is 31.1. The maximum absolute atomic E-state index is 12.5. The van der Waals surface area contributed by atoms with Gasteiger partial charge < -0.3 is 24.8 Å². The van der Waals surface area contributed by atoms with Crippen LogP contribution < -0.4 is 15.4 Å². The summed E-state index contributed by atoms with van der Waals surface area (Å²) in [5, 5.41) is 10.3. The highest BCUT2D eigenvalue weighted by atomic mass is 16.5. The standard InChI is InChI=1S/C25H37N5O4/c1-18(31)28-25(15-7-5-6-8-16-25)24-27-23(34-29-24)14-13-22(32)26-17-21(30(2)3)19-9-11-20(33-4)12-10-19/h9-12,21H,5-8,13-17H2,1-4H3,(H,26,32)(H,28,31). The van der Waals surface area contributed by atoms with Gasteiger partial charge in [0.25, 0.3) is 0 Å². The number of benzene rings is 1. The van der Waals surface area contributed by atoms with E-state index in [2.05, 4.69) is 25.7 Å². The van der Waals surface area contributed by atoms with Crippen molar-refractivity contribution in [2.75, 3.05) is 27.7 Å². The van der Waals surface area contributed by atoms with Gasteiger partial charge in [-0.05, 0) is 44.6 Å². The Labute approximate surface area is 201 Å². The van der Waals surface area contributed by atoms with Gasteiger partial charge in [0.1, 0.15) is 11.3 Å². The van der Waals surface area contributed by atoms with Crippen LogP contribution in [0.2, 0.25) is 0 Å². The van der Waals surface area contributed by atoms with Crippen molar-refractivity contribution in [2.45, 2.75) is 69.9 Å². The molecular weight excluding hydrogens is 434 g/mol. The molecule has 9 heteroatoms. The molecule has 1 aromatic carbocycles. The first kappa shape index (κ1) is 25.7. The Morgan fingerprint density at radius 3 is 2.41 bits per heavy atom. The largest absolute Gasteiger partial charge is 0.497 e. The Bertz CT molecular complexity index is 933. The Morgan fingerprint density at radius 1 is 1.15 bits per heavy atom. The quantitative estimate of drug-likeness (QED) is 0.512. The smallest absolute Gasteiger partial charge is 0.227 e. The van der Waals surface area contributed by atoms with E-state index in [0.717, 1.165) is 49.8 Å². The molecule has 0 spiro atoms. The summed E-state index contributed by atoms with van der Waals surface area (Å²) in [5.41, 5.74) is 0.517. The van der Waals surface area contributed by atoms with Gasteiger partial charge in [-0.25, -0.2) is 0 Å². The van der Waals surface area contributed by atoms with Gasteiger partial charge in [0.05, 0.1) is 13.2 Å². The lowest BCUT2D eigenvalue weighted by Gasteiger charge is -2.30. The van der Waals surface area contributed by atoms with Gasteiger partial charge in [-0.15, -0.1) is 0 Å². The van der Waals surface area contributed by atoms with Gasteiger partial charge in [-0.2, -0.15) is 4.98 Å². The predicted octanol–water partition coefficient (Wildman–Crippen LogP) is 3.12. The van der Waals surface area contributed by atoms with Crippen LogP contribution in [-0.2, 0) is 21.5 Å². The number of methoxy groups -OCH3 is 1. The van der Waals surface area contributed by atoms with E-state index in [1.54, 1.807) is 7.11 Å². The van der Waals surface area contributed by atoms with Crippen LogP contribution in [0.15, 0.2) is 28.8 Å². The minimum Gasteiger partial charge on any atom is -0.497 e. The van der Waals surface area contributed by atoms with Crippen LogP contribution in [0.25, 0.3) is 0 Å². The number of hydrogen-bond donors (Lipinski definition) is 2. The van der Waals surface area contributed by atoms with Crippen LogP contribution in [0.1, 0.15) is 75.2 Å². The number of ether oxygens (including phenoxy) is 1. The first-order valence-electron chi connectivity index (χ1n) is 12.0. The maximum Gasteiger partial charge on any atom is 0.227 e. The van der Waals surface area contributed by atoms with E-state index < -0.39 is 5.54 Å². The molecule has 0 saturated heterocycles. The van der Waals surface area contributed by atoms with Crippen molar-refractivity contribution in [3.05, 3.63) is 41.5 Å². The minimum atomic E-state index is -0.580. The summed E-state index contributed by atoms with van der Waals surface area (Å²) in [5.74, 6) is 1.56. The molecule has 3 rings (SSSR count). The van der Waals surface area contributed by atoms with Crippen molar-refractivity contribution in [3.8, 4) is 5.75 Å². The number of aromatic nitrogens is 2. The summed E-state index contributed by atoms with van der Waals surface area (Å²) >= 11 is 0. The molecule has 0 bridgehead atoms. The lowest BCUT2D eigenvalue weighted by atomic mass is 9.89. The van der Waals surface area contributed by atoms with E-state index in [1.807, 2.05) is 38.4 Å². The Hall–Kier alpha value is -2.94. The Kier molecular flexibility index (Phi) is 9.04. The fourth-order valence-electron chi connectivity index (χ4n) is 4.57. The van der Waals surface area contributed by atoms with Crippen molar-refractivity contribution >= 4 is 11.8 Å². The Morgan fingerprint density at radius 2 is 1.82 bits per heavy atom. The van der Waals surface area contributed by atoms with Crippen LogP contribution >= 0.6 is 0 Å². The monoisotopic (exact) mass is 471 g/mol. The lowest BCUT2D eigenvalue weighted by Crippen LogP contribution is -2.45. The molecule has 1 unspecified atom stereocenters. The molecule has 1 fully saturated rings. The number of nitrogens with zero attached hydrogens (tertiary/aromatic N) is 3. The van der Waals surface area contributed by atoms with Gasteiger partial charge >= 0.3 is 0 Å². The highest BCUT2D eigenvalue weighted by Crippen LogP contribution is 2.34. The number of amides is 2. The SMILES string of the molecule is COc1ccc(C(CNC(=O)CCc2nc(C3(NC(C)=O)CCCCCC3)no2)N(C)C)cc1. The van der Waals surface area contributed by atoms with E-state index >= 15 is 0 Å². The van der Waals surface area contributed by atoms with E-state index in [0.29, 0.717) is 24.7 Å². The summed E-state index contributed by atoms with van der Waals surface area (Å²) in [6, 6.07) is 7.89. The van der Waals surface area contributed by atoms with Crippen molar-refractivity contribution in [1.82, 2.24) is 25.7 Å². The van der Waals surface area contributed by atoms with Gasteiger partial charge in [-0.3, -0.25) is 9.59 Å². The van der Waals surface area contributed by atoms with Crippen LogP contribution in [-0.4, -0.2) is 54.6 Å². The molecular formula is C25H37N5O4. The second-order valence-electron chi connectivity index (χ2n) is 9.25. The summed E-state index contributed by atoms with van der Waals surface area (Å²) in [6.45, 7) is 2.00. The molecule has 2 N–H and O–H groups in total. The van der Waals surface area contributed by atoms with Crippen LogP contribution in [0.5, 0.6) is 5.75 Å². The zero-order chi connectivity index (χ0) is 24.6. The normalized spacial score (nSPS) is 16.5. The lowest BCUT2D eigenvalue weighted by molar-refractivity contribution is -0.122. The van der Waals surface area contributed by atoms with Crippen molar-refractivity contribution < 1.29 is 18.8 Å². The molecule has 2 aromatic rings. The molecule has 1 saturated carbocycles. The highest BCUT2D eigenvalue weighted by Gasteiger charge is 2.38. The third kappa shape index (κ3) is 6.79. The van der Waals surface area contributed by atoms with Crippen LogP contribution in [0.4, 0.5) is 0 Å². The maximum atomic E-state index is 12.5. The molecule has 0 radical (unpaired) electrons. The van der Waals surface area contributed by atoms with Crippen LogP contribution in [0.3, 0.4) is 0 Å². The molecule has 0 aliphatic heterocycles. The summed E-state index contributed by atoms with van der Waals surface area (Å²) in [6.07, 6.45) is 6.48. The first-order valence-corrected chi connectivity index (χ1v) is 12.0. The number of nitrogens with one attached hydrogen (secondary N) is 2. The van der Waals surface area contributed by atoms with E-state index in [4.69, 9.17) is 9.26 Å². The van der Waals surface area contributed by atoms with Gasteiger partial charge in [-0.1, -0.05) is 43.0 Å². The van der Waals surface area contributed by atoms with E-state index in [1.165, 1.54) is 6.92 Å². The molecule has 1 aliphatic rings. The Balaban J connectivity index is 1.56. The molecule has 1 atom stereocenters. The van der Waals surface area contributed by atoms with Crippen molar-refractivity contribution in [2.24, 2.45) is 0 Å². The highest BCUT2D eigenvalue weighted by molar-refractivity contribution is 5.76.